The number of fused-ring (bicyclic) bond motifs is 1. The average molecular weight is 295 g/mol. The van der Waals surface area contributed by atoms with E-state index in [2.05, 4.69) is 0 Å². The van der Waals surface area contributed by atoms with Crippen LogP contribution in [-0.4, -0.2) is 41.7 Å². The lowest BCUT2D eigenvalue weighted by Gasteiger charge is -2.21. The molecule has 7 heteroatoms. The molecule has 2 aliphatic rings. The molecule has 1 amide bonds. The maximum absolute atomic E-state index is 11.3. The standard InChI is InChI=1S/C14H18N2O5/c1-14(2)20-10-9(7-17)19-13(11(10)21-14)16-5-3-4-8(6-16)12(15)18/h3-6,9-11,13,17H,7H2,1-2H3,(H-,15,18)/p+1/t9-,10+,11?,13-/m1/s1. The number of carbonyl (C=O) groups excluding carboxylic acids is 1. The number of aromatic nitrogens is 1. The predicted octanol–water partition coefficient (Wildman–Crippen LogP) is -0.517. The zero-order valence-electron chi connectivity index (χ0n) is 11.9. The van der Waals surface area contributed by atoms with Crippen molar-refractivity contribution in [2.75, 3.05) is 6.61 Å². The third-order valence-electron chi connectivity index (χ3n) is 3.71. The smallest absolute Gasteiger partial charge is 0.292 e. The van der Waals surface area contributed by atoms with Crippen LogP contribution in [0.3, 0.4) is 0 Å². The minimum atomic E-state index is -0.730. The van der Waals surface area contributed by atoms with Gasteiger partial charge in [0.25, 0.3) is 12.1 Å². The molecule has 2 fully saturated rings. The van der Waals surface area contributed by atoms with E-state index >= 15 is 0 Å². The summed E-state index contributed by atoms with van der Waals surface area (Å²) in [6.07, 6.45) is 1.73. The zero-order chi connectivity index (χ0) is 15.2. The maximum Gasteiger partial charge on any atom is 0.292 e. The van der Waals surface area contributed by atoms with Crippen LogP contribution in [0.5, 0.6) is 0 Å². The fourth-order valence-electron chi connectivity index (χ4n) is 2.84. The van der Waals surface area contributed by atoms with Crippen molar-refractivity contribution in [1.82, 2.24) is 0 Å². The molecular weight excluding hydrogens is 276 g/mol. The van der Waals surface area contributed by atoms with Crippen molar-refractivity contribution in [2.24, 2.45) is 5.73 Å². The van der Waals surface area contributed by atoms with Gasteiger partial charge in [0.05, 0.1) is 6.61 Å². The fourth-order valence-corrected chi connectivity index (χ4v) is 2.84. The number of nitrogens with zero attached hydrogens (tertiary/aromatic N) is 1. The first-order chi connectivity index (χ1) is 9.91. The molecule has 0 aliphatic carbocycles. The van der Waals surface area contributed by atoms with E-state index in [1.54, 1.807) is 29.1 Å². The lowest BCUT2D eigenvalue weighted by atomic mass is 10.1. The van der Waals surface area contributed by atoms with E-state index in [4.69, 9.17) is 19.9 Å². The molecule has 21 heavy (non-hydrogen) atoms. The van der Waals surface area contributed by atoms with Crippen LogP contribution in [0.15, 0.2) is 24.5 Å². The van der Waals surface area contributed by atoms with Crippen LogP contribution < -0.4 is 10.3 Å². The van der Waals surface area contributed by atoms with Gasteiger partial charge in [-0.05, 0) is 19.9 Å². The molecule has 1 unspecified atom stereocenters. The predicted molar refractivity (Wildman–Crippen MR) is 70.0 cm³/mol. The van der Waals surface area contributed by atoms with Crippen LogP contribution in [-0.2, 0) is 14.2 Å². The number of primary amides is 1. The van der Waals surface area contributed by atoms with Crippen molar-refractivity contribution >= 4 is 5.91 Å². The van der Waals surface area contributed by atoms with Crippen LogP contribution in [0, 0.1) is 0 Å². The number of amides is 1. The second kappa shape index (κ2) is 5.03. The second-order valence-electron chi connectivity index (χ2n) is 5.72. The summed E-state index contributed by atoms with van der Waals surface area (Å²) in [5.74, 6) is -1.24. The van der Waals surface area contributed by atoms with Gasteiger partial charge in [-0.3, -0.25) is 4.79 Å². The molecule has 0 saturated carbocycles. The van der Waals surface area contributed by atoms with Gasteiger partial charge in [-0.25, -0.2) is 0 Å². The van der Waals surface area contributed by atoms with E-state index < -0.39 is 24.0 Å². The average Bonchev–Trinajstić information content (AvgIpc) is 2.91. The van der Waals surface area contributed by atoms with Gasteiger partial charge in [-0.15, -0.1) is 0 Å². The van der Waals surface area contributed by atoms with Gasteiger partial charge in [0.2, 0.25) is 0 Å². The number of hydrogen-bond acceptors (Lipinski definition) is 5. The molecule has 3 heterocycles. The third-order valence-corrected chi connectivity index (χ3v) is 3.71. The molecule has 3 N–H and O–H groups in total. The maximum atomic E-state index is 11.3. The molecule has 0 bridgehead atoms. The molecular formula is C14H19N2O5+. The highest BCUT2D eigenvalue weighted by Crippen LogP contribution is 2.40. The van der Waals surface area contributed by atoms with Crippen molar-refractivity contribution in [1.29, 1.82) is 0 Å². The highest BCUT2D eigenvalue weighted by molar-refractivity contribution is 5.92. The zero-order valence-corrected chi connectivity index (χ0v) is 11.9. The van der Waals surface area contributed by atoms with E-state index in [0.717, 1.165) is 0 Å². The van der Waals surface area contributed by atoms with E-state index in [1.165, 1.54) is 0 Å². The van der Waals surface area contributed by atoms with Crippen LogP contribution >= 0.6 is 0 Å². The number of aliphatic hydroxyl groups is 1. The molecule has 1 aromatic rings. The summed E-state index contributed by atoms with van der Waals surface area (Å²) in [4.78, 5) is 11.3. The van der Waals surface area contributed by atoms with Crippen LogP contribution in [0.4, 0.5) is 0 Å². The van der Waals surface area contributed by atoms with E-state index in [0.29, 0.717) is 5.56 Å². The first-order valence-corrected chi connectivity index (χ1v) is 6.84. The number of pyridine rings is 1. The Bertz CT molecular complexity index is 562. The van der Waals surface area contributed by atoms with Gasteiger partial charge in [0.1, 0.15) is 17.8 Å². The number of nitrogens with two attached hydrogens (primary N) is 1. The van der Waals surface area contributed by atoms with Gasteiger partial charge in [-0.2, -0.15) is 4.57 Å². The van der Waals surface area contributed by atoms with E-state index in [-0.39, 0.29) is 18.8 Å². The van der Waals surface area contributed by atoms with Crippen LogP contribution in [0.25, 0.3) is 0 Å². The SMILES string of the molecule is CC1(C)OC2[C@@H](O1)[C@@H](CO)O[C@H]2[n+]1cccc(C(N)=O)c1. The summed E-state index contributed by atoms with van der Waals surface area (Å²) in [6, 6.07) is 3.34. The van der Waals surface area contributed by atoms with Crippen LogP contribution in [0.2, 0.25) is 0 Å². The number of rotatable bonds is 3. The lowest BCUT2D eigenvalue weighted by molar-refractivity contribution is -0.766. The summed E-state index contributed by atoms with van der Waals surface area (Å²) < 4.78 is 19.2. The van der Waals surface area contributed by atoms with E-state index in [1.807, 2.05) is 13.8 Å². The molecule has 4 atom stereocenters. The number of aliphatic hydroxyl groups excluding tert-OH is 1. The Morgan fingerprint density at radius 3 is 2.81 bits per heavy atom. The molecule has 114 valence electrons. The van der Waals surface area contributed by atoms with Crippen molar-refractivity contribution < 1.29 is 28.7 Å². The first-order valence-electron chi connectivity index (χ1n) is 6.84. The van der Waals surface area contributed by atoms with Crippen molar-refractivity contribution in [3.8, 4) is 0 Å². The molecule has 0 aromatic carbocycles. The van der Waals surface area contributed by atoms with Crippen molar-refractivity contribution in [3.05, 3.63) is 30.1 Å². The van der Waals surface area contributed by atoms with Crippen LogP contribution in [0.1, 0.15) is 30.4 Å². The Hall–Kier alpha value is -1.54. The fraction of sp³-hybridized carbons (Fsp3) is 0.571. The molecule has 3 rings (SSSR count). The molecule has 2 saturated heterocycles. The minimum absolute atomic E-state index is 0.160. The molecule has 2 aliphatic heterocycles. The van der Waals surface area contributed by atoms with Gasteiger partial charge >= 0.3 is 0 Å². The molecule has 0 radical (unpaired) electrons. The van der Waals surface area contributed by atoms with Gasteiger partial charge in [0.15, 0.2) is 24.3 Å². The summed E-state index contributed by atoms with van der Waals surface area (Å²) in [5.41, 5.74) is 5.67. The van der Waals surface area contributed by atoms with Crippen molar-refractivity contribution in [2.45, 2.75) is 44.2 Å². The van der Waals surface area contributed by atoms with Gasteiger partial charge < -0.3 is 25.1 Å². The Kier molecular flexibility index (Phi) is 3.45. The number of carbonyl (C=O) groups is 1. The van der Waals surface area contributed by atoms with Gasteiger partial charge in [0, 0.05) is 6.07 Å². The number of hydrogen-bond donors (Lipinski definition) is 2. The highest BCUT2D eigenvalue weighted by Gasteiger charge is 2.58. The quantitative estimate of drug-likeness (QED) is 0.732. The Labute approximate surface area is 122 Å². The van der Waals surface area contributed by atoms with Crippen molar-refractivity contribution in [3.63, 3.8) is 0 Å². The summed E-state index contributed by atoms with van der Waals surface area (Å²) in [5, 5.41) is 9.45. The van der Waals surface area contributed by atoms with E-state index in [9.17, 15) is 9.90 Å². The summed E-state index contributed by atoms with van der Waals surface area (Å²) in [7, 11) is 0. The molecule has 1 aromatic heterocycles. The summed E-state index contributed by atoms with van der Waals surface area (Å²) >= 11 is 0. The largest absolute Gasteiger partial charge is 0.394 e. The Morgan fingerprint density at radius 2 is 2.14 bits per heavy atom. The lowest BCUT2D eigenvalue weighted by Crippen LogP contribution is -2.46. The highest BCUT2D eigenvalue weighted by atomic mass is 16.8. The molecule has 0 spiro atoms. The summed E-state index contributed by atoms with van der Waals surface area (Å²) in [6.45, 7) is 3.48. The Balaban J connectivity index is 1.92. The minimum Gasteiger partial charge on any atom is -0.394 e. The third kappa shape index (κ3) is 2.53. The normalized spacial score (nSPS) is 33.9. The Morgan fingerprint density at radius 1 is 1.43 bits per heavy atom. The van der Waals surface area contributed by atoms with Gasteiger partial charge in [-0.1, -0.05) is 0 Å². The topological polar surface area (TPSA) is 94.9 Å². The first kappa shape index (κ1) is 14.4. The second-order valence-corrected chi connectivity index (χ2v) is 5.72. The molecule has 7 nitrogen and oxygen atoms in total. The number of ether oxygens (including phenoxy) is 3. The monoisotopic (exact) mass is 295 g/mol.